The van der Waals surface area contributed by atoms with Gasteiger partial charge in [0, 0.05) is 31.7 Å². The Morgan fingerprint density at radius 2 is 1.79 bits per heavy atom. The lowest BCUT2D eigenvalue weighted by molar-refractivity contribution is 0.0827. The molecule has 148 valence electrons. The van der Waals surface area contributed by atoms with Gasteiger partial charge in [0.2, 0.25) is 17.6 Å². The second kappa shape index (κ2) is 8.17. The van der Waals surface area contributed by atoms with Crippen LogP contribution in [0.25, 0.3) is 11.4 Å². The first-order valence-corrected chi connectivity index (χ1v) is 9.51. The quantitative estimate of drug-likeness (QED) is 0.680. The summed E-state index contributed by atoms with van der Waals surface area (Å²) < 4.78 is 10.6. The lowest BCUT2D eigenvalue weighted by Gasteiger charge is -2.36. The normalized spacial score (nSPS) is 17.1. The second-order valence-electron chi connectivity index (χ2n) is 7.12. The highest BCUT2D eigenvalue weighted by molar-refractivity contribution is 5.54. The fourth-order valence-electron chi connectivity index (χ4n) is 3.33. The number of hydrogen-bond acceptors (Lipinski definition) is 9. The molecule has 0 bridgehead atoms. The lowest BCUT2D eigenvalue weighted by atomic mass is 10.1. The predicted octanol–water partition coefficient (Wildman–Crippen LogP) is 1.77. The van der Waals surface area contributed by atoms with Crippen LogP contribution in [0.15, 0.2) is 33.3 Å². The summed E-state index contributed by atoms with van der Waals surface area (Å²) in [6, 6.07) is 8.20. The van der Waals surface area contributed by atoms with Gasteiger partial charge in [-0.15, -0.1) is 0 Å². The largest absolute Gasteiger partial charge is 0.338 e. The molecule has 3 heterocycles. The van der Waals surface area contributed by atoms with Gasteiger partial charge >= 0.3 is 0 Å². The maximum absolute atomic E-state index is 5.54. The third-order valence-electron chi connectivity index (χ3n) is 5.11. The minimum Gasteiger partial charge on any atom is -0.338 e. The molecule has 1 saturated heterocycles. The van der Waals surface area contributed by atoms with Gasteiger partial charge < -0.3 is 14.8 Å². The number of rotatable bonds is 6. The van der Waals surface area contributed by atoms with E-state index in [4.69, 9.17) is 14.8 Å². The van der Waals surface area contributed by atoms with Crippen LogP contribution in [-0.2, 0) is 13.1 Å². The van der Waals surface area contributed by atoms with Crippen LogP contribution in [0.1, 0.15) is 36.1 Å². The zero-order chi connectivity index (χ0) is 19.5. The van der Waals surface area contributed by atoms with Crippen molar-refractivity contribution in [2.75, 3.05) is 26.2 Å². The Morgan fingerprint density at radius 1 is 1.04 bits per heavy atom. The zero-order valence-corrected chi connectivity index (χ0v) is 16.2. The number of benzene rings is 1. The Bertz CT molecular complexity index is 897. The van der Waals surface area contributed by atoms with Gasteiger partial charge in [-0.1, -0.05) is 40.1 Å². The monoisotopic (exact) mass is 383 g/mol. The summed E-state index contributed by atoms with van der Waals surface area (Å²) in [5, 5.41) is 8.12. The maximum atomic E-state index is 5.54. The van der Waals surface area contributed by atoms with Gasteiger partial charge in [-0.05, 0) is 13.8 Å². The minimum atomic E-state index is 0.0721. The zero-order valence-electron chi connectivity index (χ0n) is 16.2. The number of nitrogens with two attached hydrogens (primary N) is 1. The molecule has 0 amide bonds. The molecule has 0 radical (unpaired) electrons. The van der Waals surface area contributed by atoms with Gasteiger partial charge in [0.25, 0.3) is 0 Å². The van der Waals surface area contributed by atoms with E-state index in [0.717, 1.165) is 31.7 Å². The molecule has 0 spiro atoms. The summed E-state index contributed by atoms with van der Waals surface area (Å²) in [7, 11) is 0. The summed E-state index contributed by atoms with van der Waals surface area (Å²) in [5.74, 6) is 2.44. The number of aromatic nitrogens is 4. The molecule has 2 aromatic heterocycles. The van der Waals surface area contributed by atoms with Gasteiger partial charge in [0.05, 0.1) is 19.1 Å². The molecule has 1 aliphatic heterocycles. The first kappa shape index (κ1) is 18.7. The highest BCUT2D eigenvalue weighted by Crippen LogP contribution is 2.24. The van der Waals surface area contributed by atoms with Crippen LogP contribution < -0.4 is 5.73 Å². The van der Waals surface area contributed by atoms with E-state index in [1.807, 2.05) is 24.3 Å². The summed E-state index contributed by atoms with van der Waals surface area (Å²) in [6.45, 7) is 8.75. The van der Waals surface area contributed by atoms with Crippen molar-refractivity contribution in [1.82, 2.24) is 30.1 Å². The molecule has 2 N–H and O–H groups in total. The van der Waals surface area contributed by atoms with Crippen molar-refractivity contribution in [3.05, 3.63) is 47.4 Å². The predicted molar refractivity (Wildman–Crippen MR) is 102 cm³/mol. The molecule has 1 unspecified atom stereocenters. The fourth-order valence-corrected chi connectivity index (χ4v) is 3.33. The van der Waals surface area contributed by atoms with Crippen molar-refractivity contribution in [2.45, 2.75) is 33.0 Å². The van der Waals surface area contributed by atoms with Crippen LogP contribution in [-0.4, -0.2) is 56.3 Å². The summed E-state index contributed by atoms with van der Waals surface area (Å²) in [6.07, 6.45) is 0. The Labute approximate surface area is 163 Å². The number of aryl methyl sites for hydroxylation is 1. The van der Waals surface area contributed by atoms with E-state index in [1.54, 1.807) is 0 Å². The molecular weight excluding hydrogens is 358 g/mol. The Morgan fingerprint density at radius 3 is 2.46 bits per heavy atom. The lowest BCUT2D eigenvalue weighted by Crippen LogP contribution is -2.46. The van der Waals surface area contributed by atoms with Gasteiger partial charge in [0.15, 0.2) is 5.82 Å². The third kappa shape index (κ3) is 4.11. The van der Waals surface area contributed by atoms with E-state index in [-0.39, 0.29) is 12.6 Å². The summed E-state index contributed by atoms with van der Waals surface area (Å²) in [5.41, 5.74) is 7.69. The SMILES string of the molecule is Cc1ccc(-c2noc(C(C)N3CCN(Cc4noc(CN)n4)CC3)n2)cc1. The van der Waals surface area contributed by atoms with Gasteiger partial charge in [-0.2, -0.15) is 9.97 Å². The number of nitrogens with zero attached hydrogens (tertiary/aromatic N) is 6. The molecule has 9 nitrogen and oxygen atoms in total. The highest BCUT2D eigenvalue weighted by atomic mass is 16.5. The molecular formula is C19H25N7O2. The average Bonchev–Trinajstić information content (AvgIpc) is 3.38. The van der Waals surface area contributed by atoms with E-state index in [9.17, 15) is 0 Å². The summed E-state index contributed by atoms with van der Waals surface area (Å²) >= 11 is 0. The molecule has 1 aliphatic rings. The van der Waals surface area contributed by atoms with E-state index in [2.05, 4.69) is 43.9 Å². The average molecular weight is 383 g/mol. The Kier molecular flexibility index (Phi) is 5.47. The van der Waals surface area contributed by atoms with Gasteiger partial charge in [-0.25, -0.2) is 0 Å². The number of hydrogen-bond donors (Lipinski definition) is 1. The molecule has 1 fully saturated rings. The van der Waals surface area contributed by atoms with E-state index >= 15 is 0 Å². The van der Waals surface area contributed by atoms with Crippen molar-refractivity contribution in [1.29, 1.82) is 0 Å². The topological polar surface area (TPSA) is 110 Å². The van der Waals surface area contributed by atoms with E-state index in [1.165, 1.54) is 5.56 Å². The number of piperazine rings is 1. The van der Waals surface area contributed by atoms with Crippen molar-refractivity contribution >= 4 is 0 Å². The fraction of sp³-hybridized carbons (Fsp3) is 0.474. The Balaban J connectivity index is 1.33. The van der Waals surface area contributed by atoms with Crippen LogP contribution in [0.3, 0.4) is 0 Å². The highest BCUT2D eigenvalue weighted by Gasteiger charge is 2.26. The molecule has 9 heteroatoms. The standard InChI is InChI=1S/C19H25N7O2/c1-13-3-5-15(6-4-13)18-22-19(28-24-18)14(2)26-9-7-25(8-10-26)12-16-21-17(11-20)27-23-16/h3-6,14H,7-12,20H2,1-2H3. The molecule has 1 atom stereocenters. The summed E-state index contributed by atoms with van der Waals surface area (Å²) in [4.78, 5) is 13.5. The smallest absolute Gasteiger partial charge is 0.244 e. The maximum Gasteiger partial charge on any atom is 0.244 e. The second-order valence-corrected chi connectivity index (χ2v) is 7.12. The van der Waals surface area contributed by atoms with Crippen molar-refractivity contribution in [3.63, 3.8) is 0 Å². The first-order chi connectivity index (χ1) is 13.6. The van der Waals surface area contributed by atoms with E-state index in [0.29, 0.717) is 30.0 Å². The van der Waals surface area contributed by atoms with Crippen molar-refractivity contribution in [3.8, 4) is 11.4 Å². The van der Waals surface area contributed by atoms with Gasteiger partial charge in [-0.3, -0.25) is 9.80 Å². The minimum absolute atomic E-state index is 0.0721. The molecule has 0 aliphatic carbocycles. The molecule has 28 heavy (non-hydrogen) atoms. The Hall–Kier alpha value is -2.62. The van der Waals surface area contributed by atoms with E-state index < -0.39 is 0 Å². The van der Waals surface area contributed by atoms with Crippen LogP contribution in [0, 0.1) is 6.92 Å². The molecule has 3 aromatic rings. The van der Waals surface area contributed by atoms with Crippen molar-refractivity contribution < 1.29 is 9.05 Å². The molecule has 4 rings (SSSR count). The van der Waals surface area contributed by atoms with Gasteiger partial charge in [0.1, 0.15) is 0 Å². The third-order valence-corrected chi connectivity index (χ3v) is 5.11. The molecule has 0 saturated carbocycles. The first-order valence-electron chi connectivity index (χ1n) is 9.51. The van der Waals surface area contributed by atoms with Crippen LogP contribution in [0.4, 0.5) is 0 Å². The van der Waals surface area contributed by atoms with Crippen LogP contribution in [0.2, 0.25) is 0 Å². The van der Waals surface area contributed by atoms with Crippen LogP contribution in [0.5, 0.6) is 0 Å². The molecule has 1 aromatic carbocycles. The van der Waals surface area contributed by atoms with Crippen molar-refractivity contribution in [2.24, 2.45) is 5.73 Å². The van der Waals surface area contributed by atoms with Crippen LogP contribution >= 0.6 is 0 Å².